The summed E-state index contributed by atoms with van der Waals surface area (Å²) in [6, 6.07) is 73.4. The minimum absolute atomic E-state index is 1.12. The normalized spacial score (nSPS) is 11.6. The van der Waals surface area contributed by atoms with E-state index in [4.69, 9.17) is 0 Å². The van der Waals surface area contributed by atoms with Crippen molar-refractivity contribution in [1.82, 2.24) is 0 Å². The first kappa shape index (κ1) is 32.0. The van der Waals surface area contributed by atoms with Crippen LogP contribution in [0.2, 0.25) is 0 Å². The molecule has 55 heavy (non-hydrogen) atoms. The average molecular weight is 736 g/mol. The molecule has 11 rings (SSSR count). The Hall–Kier alpha value is -6.52. The van der Waals surface area contributed by atoms with Crippen molar-refractivity contribution in [1.29, 1.82) is 0 Å². The third-order valence-electron chi connectivity index (χ3n) is 10.9. The molecular formula is C52H33NS2. The van der Waals surface area contributed by atoms with Crippen molar-refractivity contribution in [2.75, 3.05) is 4.90 Å². The summed E-state index contributed by atoms with van der Waals surface area (Å²) < 4.78 is 5.22. The van der Waals surface area contributed by atoms with Crippen molar-refractivity contribution in [3.63, 3.8) is 0 Å². The maximum absolute atomic E-state index is 2.49. The summed E-state index contributed by atoms with van der Waals surface area (Å²) >= 11 is 3.75. The van der Waals surface area contributed by atoms with Crippen LogP contribution in [0.1, 0.15) is 0 Å². The molecule has 0 bridgehead atoms. The van der Waals surface area contributed by atoms with Crippen LogP contribution in [0, 0.1) is 0 Å². The van der Waals surface area contributed by atoms with Crippen LogP contribution in [-0.2, 0) is 0 Å². The van der Waals surface area contributed by atoms with Crippen molar-refractivity contribution < 1.29 is 0 Å². The first-order valence-corrected chi connectivity index (χ1v) is 20.3. The average Bonchev–Trinajstić information content (AvgIpc) is 3.83. The van der Waals surface area contributed by atoms with Crippen LogP contribution in [0.4, 0.5) is 17.1 Å². The summed E-state index contributed by atoms with van der Waals surface area (Å²) in [5.41, 5.74) is 10.8. The first-order valence-electron chi connectivity index (χ1n) is 18.7. The molecule has 2 heterocycles. The minimum Gasteiger partial charge on any atom is -0.308 e. The van der Waals surface area contributed by atoms with E-state index in [9.17, 15) is 0 Å². The zero-order valence-corrected chi connectivity index (χ0v) is 31.4. The van der Waals surface area contributed by atoms with Crippen LogP contribution in [0.3, 0.4) is 0 Å². The Bertz CT molecular complexity index is 3190. The Balaban J connectivity index is 1.14. The highest BCUT2D eigenvalue weighted by atomic mass is 32.1. The molecule has 3 heteroatoms. The van der Waals surface area contributed by atoms with Crippen molar-refractivity contribution in [2.45, 2.75) is 0 Å². The molecule has 0 radical (unpaired) electrons. The Labute approximate surface area is 327 Å². The fourth-order valence-corrected chi connectivity index (χ4v) is 10.6. The van der Waals surface area contributed by atoms with Gasteiger partial charge in [0, 0.05) is 52.6 Å². The first-order chi connectivity index (χ1) is 27.3. The van der Waals surface area contributed by atoms with E-state index in [1.807, 2.05) is 22.7 Å². The smallest absolute Gasteiger partial charge is 0.0718 e. The highest BCUT2D eigenvalue weighted by Gasteiger charge is 2.23. The van der Waals surface area contributed by atoms with Gasteiger partial charge in [-0.25, -0.2) is 0 Å². The Morgan fingerprint density at radius 1 is 0.327 bits per heavy atom. The molecule has 0 aliphatic carbocycles. The van der Waals surface area contributed by atoms with Gasteiger partial charge in [0.25, 0.3) is 0 Å². The van der Waals surface area contributed by atoms with Crippen molar-refractivity contribution in [3.8, 4) is 33.4 Å². The van der Waals surface area contributed by atoms with Crippen LogP contribution >= 0.6 is 22.7 Å². The summed E-state index contributed by atoms with van der Waals surface area (Å²) in [5.74, 6) is 0. The Morgan fingerprint density at radius 2 is 0.927 bits per heavy atom. The maximum atomic E-state index is 2.49. The molecule has 0 N–H and O–H groups in total. The molecule has 0 aliphatic rings. The van der Waals surface area contributed by atoms with E-state index < -0.39 is 0 Å². The van der Waals surface area contributed by atoms with Gasteiger partial charge in [-0.05, 0) is 87.1 Å². The largest absolute Gasteiger partial charge is 0.308 e. The summed E-state index contributed by atoms with van der Waals surface area (Å²) in [5, 5.41) is 7.65. The van der Waals surface area contributed by atoms with Crippen molar-refractivity contribution in [2.24, 2.45) is 0 Å². The van der Waals surface area contributed by atoms with Gasteiger partial charge in [0.05, 0.1) is 10.4 Å². The summed E-state index contributed by atoms with van der Waals surface area (Å²) in [4.78, 5) is 2.49. The lowest BCUT2D eigenvalue weighted by atomic mass is 9.97. The van der Waals surface area contributed by atoms with Gasteiger partial charge in [-0.2, -0.15) is 0 Å². The topological polar surface area (TPSA) is 3.24 Å². The highest BCUT2D eigenvalue weighted by molar-refractivity contribution is 7.26. The zero-order valence-electron chi connectivity index (χ0n) is 29.8. The molecule has 0 fully saturated rings. The Morgan fingerprint density at radius 3 is 1.73 bits per heavy atom. The maximum Gasteiger partial charge on any atom is 0.0718 e. The highest BCUT2D eigenvalue weighted by Crippen LogP contribution is 2.50. The van der Waals surface area contributed by atoms with E-state index in [1.165, 1.54) is 90.2 Å². The monoisotopic (exact) mass is 735 g/mol. The predicted molar refractivity (Wildman–Crippen MR) is 241 cm³/mol. The second kappa shape index (κ2) is 13.1. The molecule has 0 spiro atoms. The molecule has 258 valence electrons. The van der Waals surface area contributed by atoms with Gasteiger partial charge in [0.15, 0.2) is 0 Å². The van der Waals surface area contributed by atoms with Gasteiger partial charge in [0.1, 0.15) is 0 Å². The third-order valence-corrected chi connectivity index (χ3v) is 13.2. The molecule has 0 aliphatic heterocycles. The number of hydrogen-bond donors (Lipinski definition) is 0. The second-order valence-electron chi connectivity index (χ2n) is 14.1. The molecule has 2 aromatic heterocycles. The minimum atomic E-state index is 1.12. The molecule has 11 aromatic rings. The fourth-order valence-electron chi connectivity index (χ4n) is 8.24. The summed E-state index contributed by atoms with van der Waals surface area (Å²) in [7, 11) is 0. The van der Waals surface area contributed by atoms with Crippen LogP contribution < -0.4 is 4.90 Å². The van der Waals surface area contributed by atoms with E-state index in [2.05, 4.69) is 205 Å². The molecule has 0 amide bonds. The SMILES string of the molecule is c1ccc(-c2ccc3cc(N(c4ccc(-c5cccc6sc7ccccc7c56)cc4)c4c(-c5ccccc5)ccc5c4sc4ccccc45)ccc3c2)cc1. The molecule has 0 atom stereocenters. The van der Waals surface area contributed by atoms with Gasteiger partial charge in [0.2, 0.25) is 0 Å². The lowest BCUT2D eigenvalue weighted by Gasteiger charge is -2.29. The van der Waals surface area contributed by atoms with E-state index in [-0.39, 0.29) is 0 Å². The lowest BCUT2D eigenvalue weighted by Crippen LogP contribution is -2.11. The zero-order chi connectivity index (χ0) is 36.3. The van der Waals surface area contributed by atoms with Gasteiger partial charge in [-0.1, -0.05) is 152 Å². The molecule has 0 saturated carbocycles. The standard InChI is InChI=1S/C52H33NS2/c1-3-12-34(13-4-1)37-22-23-39-33-41(29-26-38(39)32-37)53(40-27-24-36(25-28-40)42-18-11-21-49-50(42)46-17-8-10-20-48(46)54-49)51-43(35-14-5-2-6-15-35)30-31-45-44-16-7-9-19-47(44)55-52(45)51/h1-33H. The van der Waals surface area contributed by atoms with E-state index >= 15 is 0 Å². The molecule has 1 nitrogen and oxygen atoms in total. The number of nitrogens with zero attached hydrogens (tertiary/aromatic N) is 1. The molecule has 0 saturated heterocycles. The number of fused-ring (bicyclic) bond motifs is 7. The number of rotatable bonds is 6. The summed E-state index contributed by atoms with van der Waals surface area (Å²) in [6.45, 7) is 0. The number of hydrogen-bond acceptors (Lipinski definition) is 3. The Kier molecular flexibility index (Phi) is 7.61. The van der Waals surface area contributed by atoms with Crippen LogP contribution in [0.25, 0.3) is 84.5 Å². The van der Waals surface area contributed by atoms with E-state index in [0.717, 1.165) is 11.4 Å². The lowest BCUT2D eigenvalue weighted by molar-refractivity contribution is 1.31. The van der Waals surface area contributed by atoms with Gasteiger partial charge in [-0.15, -0.1) is 22.7 Å². The van der Waals surface area contributed by atoms with E-state index in [1.54, 1.807) is 0 Å². The van der Waals surface area contributed by atoms with E-state index in [0.29, 0.717) is 0 Å². The number of anilines is 3. The summed E-state index contributed by atoms with van der Waals surface area (Å²) in [6.07, 6.45) is 0. The fraction of sp³-hybridized carbons (Fsp3) is 0. The van der Waals surface area contributed by atoms with Gasteiger partial charge >= 0.3 is 0 Å². The van der Waals surface area contributed by atoms with Crippen molar-refractivity contribution in [3.05, 3.63) is 200 Å². The van der Waals surface area contributed by atoms with Crippen LogP contribution in [-0.4, -0.2) is 0 Å². The second-order valence-corrected chi connectivity index (χ2v) is 16.2. The third kappa shape index (κ3) is 5.43. The van der Waals surface area contributed by atoms with Gasteiger partial charge < -0.3 is 4.90 Å². The number of thiophene rings is 2. The van der Waals surface area contributed by atoms with Crippen LogP contribution in [0.15, 0.2) is 200 Å². The molecule has 9 aromatic carbocycles. The molecule has 0 unspecified atom stereocenters. The number of benzene rings is 9. The molecular weight excluding hydrogens is 703 g/mol. The van der Waals surface area contributed by atoms with Crippen molar-refractivity contribution >= 4 is 90.9 Å². The predicted octanol–water partition coefficient (Wildman–Crippen LogP) is 16.0. The van der Waals surface area contributed by atoms with Gasteiger partial charge in [-0.3, -0.25) is 0 Å². The quantitative estimate of drug-likeness (QED) is 0.164. The van der Waals surface area contributed by atoms with Crippen LogP contribution in [0.5, 0.6) is 0 Å².